The number of ether oxygens (including phenoxy) is 3. The van der Waals surface area contributed by atoms with Gasteiger partial charge in [0.15, 0.2) is 17.6 Å². The van der Waals surface area contributed by atoms with Gasteiger partial charge in [-0.3, -0.25) is 4.79 Å². The molecule has 1 heterocycles. The van der Waals surface area contributed by atoms with E-state index in [0.29, 0.717) is 18.1 Å². The van der Waals surface area contributed by atoms with Gasteiger partial charge in [0.2, 0.25) is 5.91 Å². The van der Waals surface area contributed by atoms with Gasteiger partial charge < -0.3 is 19.5 Å². The molecule has 0 bridgehead atoms. The normalized spacial score (nSPS) is 21.5. The Kier molecular flexibility index (Phi) is 3.62. The summed E-state index contributed by atoms with van der Waals surface area (Å²) in [6.45, 7) is 2.08. The maximum atomic E-state index is 11.5. The Bertz CT molecular complexity index is 885. The van der Waals surface area contributed by atoms with E-state index in [2.05, 4.69) is 5.32 Å². The van der Waals surface area contributed by atoms with Gasteiger partial charge in [0.25, 0.3) is 0 Å². The highest BCUT2D eigenvalue weighted by Crippen LogP contribution is 2.33. The lowest BCUT2D eigenvalue weighted by Crippen LogP contribution is -2.46. The number of para-hydroxylation sites is 2. The quantitative estimate of drug-likeness (QED) is 0.884. The fraction of sp³-hybridized carbons (Fsp3) is 0.316. The highest BCUT2D eigenvalue weighted by atomic mass is 16.6. The van der Waals surface area contributed by atoms with Crippen molar-refractivity contribution in [3.05, 3.63) is 60.0 Å². The molecular weight excluding hydrogens is 306 g/mol. The highest BCUT2D eigenvalue weighted by Gasteiger charge is 2.30. The molecule has 1 saturated heterocycles. The van der Waals surface area contributed by atoms with E-state index < -0.39 is 30.3 Å². The number of morpholine rings is 1. The number of amides is 1. The molecule has 1 N–H and O–H groups in total. The Morgan fingerprint density at radius 3 is 2.71 bits per heavy atom. The monoisotopic (exact) mass is 332 g/mol. The van der Waals surface area contributed by atoms with Gasteiger partial charge in [0.1, 0.15) is 12.7 Å². The second-order valence-corrected chi connectivity index (χ2v) is 5.11. The summed E-state index contributed by atoms with van der Waals surface area (Å²) in [7, 11) is 0. The molecule has 5 nitrogen and oxygen atoms in total. The largest absolute Gasteiger partial charge is 0.490 e. The van der Waals surface area contributed by atoms with Crippen LogP contribution in [0.5, 0.6) is 11.5 Å². The zero-order valence-electron chi connectivity index (χ0n) is 18.2. The molecule has 0 spiro atoms. The zero-order chi connectivity index (χ0) is 21.1. The molecule has 0 aliphatic carbocycles. The summed E-state index contributed by atoms with van der Waals surface area (Å²) < 4.78 is 57.6. The van der Waals surface area contributed by atoms with Crippen LogP contribution in [0.2, 0.25) is 0 Å². The van der Waals surface area contributed by atoms with Crippen molar-refractivity contribution in [1.29, 1.82) is 0 Å². The fourth-order valence-corrected chi connectivity index (χ4v) is 2.38. The smallest absolute Gasteiger partial charge is 0.246 e. The number of nitrogens with one attached hydrogen (secondary N) is 1. The molecule has 0 aromatic heterocycles. The first kappa shape index (κ1) is 11.1. The SMILES string of the molecule is [2H]c1c([2H])c([2H])c([C@@H](Oc2ccccc2OCC)[C@H]2CNC(=O)CO2)c([2H])c1[2H]. The fourth-order valence-electron chi connectivity index (χ4n) is 2.38. The van der Waals surface area contributed by atoms with Crippen LogP contribution in [0.4, 0.5) is 0 Å². The molecule has 1 aliphatic rings. The van der Waals surface area contributed by atoms with Crippen molar-refractivity contribution in [2.45, 2.75) is 19.1 Å². The van der Waals surface area contributed by atoms with Crippen LogP contribution in [-0.4, -0.2) is 31.8 Å². The number of hydrogen-bond donors (Lipinski definition) is 1. The molecule has 126 valence electrons. The Morgan fingerprint density at radius 1 is 1.29 bits per heavy atom. The molecular formula is C19H21NO4. The lowest BCUT2D eigenvalue weighted by atomic mass is 10.0. The summed E-state index contributed by atoms with van der Waals surface area (Å²) >= 11 is 0. The van der Waals surface area contributed by atoms with E-state index >= 15 is 0 Å². The maximum absolute atomic E-state index is 11.5. The summed E-state index contributed by atoms with van der Waals surface area (Å²) in [5, 5.41) is 2.66. The van der Waals surface area contributed by atoms with Crippen LogP contribution >= 0.6 is 0 Å². The molecule has 1 fully saturated rings. The van der Waals surface area contributed by atoms with Crippen LogP contribution in [0.25, 0.3) is 0 Å². The van der Waals surface area contributed by atoms with Crippen molar-refractivity contribution >= 4 is 5.91 Å². The van der Waals surface area contributed by atoms with Gasteiger partial charge in [-0.25, -0.2) is 0 Å². The van der Waals surface area contributed by atoms with E-state index in [4.69, 9.17) is 21.1 Å². The molecule has 2 aromatic rings. The first-order valence-electron chi connectivity index (χ1n) is 10.2. The first-order chi connectivity index (χ1) is 13.8. The molecule has 2 atom stereocenters. The Hall–Kier alpha value is -2.53. The maximum Gasteiger partial charge on any atom is 0.246 e. The minimum Gasteiger partial charge on any atom is -0.490 e. The van der Waals surface area contributed by atoms with E-state index in [1.54, 1.807) is 24.3 Å². The van der Waals surface area contributed by atoms with Gasteiger partial charge in [-0.2, -0.15) is 0 Å². The van der Waals surface area contributed by atoms with Crippen molar-refractivity contribution in [2.75, 3.05) is 19.8 Å². The molecule has 0 unspecified atom stereocenters. The summed E-state index contributed by atoms with van der Waals surface area (Å²) in [4.78, 5) is 11.5. The van der Waals surface area contributed by atoms with Crippen LogP contribution in [-0.2, 0) is 9.53 Å². The first-order valence-corrected chi connectivity index (χ1v) is 7.68. The number of rotatable bonds is 6. The second-order valence-electron chi connectivity index (χ2n) is 5.11. The van der Waals surface area contributed by atoms with Crippen molar-refractivity contribution in [1.82, 2.24) is 5.32 Å². The zero-order valence-corrected chi connectivity index (χ0v) is 13.2. The predicted octanol–water partition coefficient (Wildman–Crippen LogP) is 2.72. The molecule has 24 heavy (non-hydrogen) atoms. The summed E-state index contributed by atoms with van der Waals surface area (Å²) in [5.74, 6) is 0.495. The summed E-state index contributed by atoms with van der Waals surface area (Å²) in [6, 6.07) is 4.70. The third kappa shape index (κ3) is 3.86. The van der Waals surface area contributed by atoms with Crippen LogP contribution in [0.15, 0.2) is 54.5 Å². The lowest BCUT2D eigenvalue weighted by molar-refractivity contribution is -0.137. The molecule has 0 radical (unpaired) electrons. The average Bonchev–Trinajstić information content (AvgIpc) is 2.72. The minimum absolute atomic E-state index is 0.0385. The van der Waals surface area contributed by atoms with E-state index in [-0.39, 0.29) is 36.7 Å². The van der Waals surface area contributed by atoms with E-state index in [1.807, 2.05) is 6.92 Å². The molecule has 1 amide bonds. The molecule has 3 rings (SSSR count). The summed E-state index contributed by atoms with van der Waals surface area (Å²) in [6.07, 6.45) is -1.82. The molecule has 1 aliphatic heterocycles. The number of carbonyl (C=O) groups is 1. The van der Waals surface area contributed by atoms with Gasteiger partial charge in [0, 0.05) is 6.54 Å². The lowest BCUT2D eigenvalue weighted by Gasteiger charge is -2.31. The van der Waals surface area contributed by atoms with Gasteiger partial charge in [-0.1, -0.05) is 42.3 Å². The van der Waals surface area contributed by atoms with Crippen molar-refractivity contribution in [3.8, 4) is 11.5 Å². The van der Waals surface area contributed by atoms with Crippen molar-refractivity contribution < 1.29 is 25.9 Å². The highest BCUT2D eigenvalue weighted by molar-refractivity contribution is 5.77. The Balaban J connectivity index is 2.09. The van der Waals surface area contributed by atoms with Crippen LogP contribution in [0, 0.1) is 0 Å². The van der Waals surface area contributed by atoms with Gasteiger partial charge in [-0.05, 0) is 24.6 Å². The van der Waals surface area contributed by atoms with Gasteiger partial charge in [-0.15, -0.1) is 0 Å². The van der Waals surface area contributed by atoms with Crippen LogP contribution in [0.1, 0.15) is 25.4 Å². The van der Waals surface area contributed by atoms with Gasteiger partial charge in [0.05, 0.1) is 13.5 Å². The second kappa shape index (κ2) is 7.84. The van der Waals surface area contributed by atoms with Gasteiger partial charge >= 0.3 is 0 Å². The molecule has 2 aromatic carbocycles. The van der Waals surface area contributed by atoms with E-state index in [9.17, 15) is 4.79 Å². The number of carbonyl (C=O) groups excluding carboxylic acids is 1. The Labute approximate surface area is 148 Å². The van der Waals surface area contributed by atoms with Crippen molar-refractivity contribution in [2.24, 2.45) is 0 Å². The van der Waals surface area contributed by atoms with E-state index in [1.165, 1.54) is 0 Å². The average molecular weight is 332 g/mol. The topological polar surface area (TPSA) is 56.8 Å². The van der Waals surface area contributed by atoms with Crippen LogP contribution < -0.4 is 14.8 Å². The Morgan fingerprint density at radius 2 is 2.04 bits per heavy atom. The number of benzene rings is 2. The van der Waals surface area contributed by atoms with E-state index in [0.717, 1.165) is 0 Å². The third-order valence-corrected chi connectivity index (χ3v) is 3.47. The van der Waals surface area contributed by atoms with Crippen molar-refractivity contribution in [3.63, 3.8) is 0 Å². The number of hydrogen-bond acceptors (Lipinski definition) is 4. The predicted molar refractivity (Wildman–Crippen MR) is 90.2 cm³/mol. The third-order valence-electron chi connectivity index (χ3n) is 3.47. The standard InChI is InChI=1S/C19H21NO4/c1-2-22-15-10-6-7-11-16(15)24-19(14-8-4-3-5-9-14)17-12-20-18(21)13-23-17/h3-11,17,19H,2,12-13H2,1H3,(H,20,21)/t17-,19-/m1/s1/i3D,4D,5D,8D,9D. The van der Waals surface area contributed by atoms with Crippen LogP contribution in [0.3, 0.4) is 0 Å². The summed E-state index contributed by atoms with van der Waals surface area (Å²) in [5.41, 5.74) is -0.0385. The minimum atomic E-state index is -1.06. The molecule has 0 saturated carbocycles. The molecule has 5 heteroatoms.